The number of amides is 1. The highest BCUT2D eigenvalue weighted by Gasteiger charge is 2.21. The number of benzene rings is 1. The van der Waals surface area contributed by atoms with Gasteiger partial charge in [0.1, 0.15) is 11.5 Å². The van der Waals surface area contributed by atoms with Crippen LogP contribution in [0.4, 0.5) is 5.69 Å². The number of carbonyl (C=O) groups excluding carboxylic acids is 1. The van der Waals surface area contributed by atoms with Crippen LogP contribution in [0.2, 0.25) is 0 Å². The molecule has 2 heterocycles. The van der Waals surface area contributed by atoms with E-state index in [9.17, 15) is 4.79 Å². The van der Waals surface area contributed by atoms with E-state index in [0.29, 0.717) is 28.3 Å². The summed E-state index contributed by atoms with van der Waals surface area (Å²) in [5.74, 6) is 1.49. The maximum absolute atomic E-state index is 12.5. The van der Waals surface area contributed by atoms with Crippen molar-refractivity contribution in [2.24, 2.45) is 0 Å². The Labute approximate surface area is 155 Å². The molecule has 0 aliphatic rings. The number of anilines is 1. The van der Waals surface area contributed by atoms with Gasteiger partial charge in [-0.3, -0.25) is 4.79 Å². The lowest BCUT2D eigenvalue weighted by molar-refractivity contribution is -0.115. The molecule has 2 aromatic heterocycles. The van der Waals surface area contributed by atoms with Crippen LogP contribution in [0.1, 0.15) is 18.2 Å². The summed E-state index contributed by atoms with van der Waals surface area (Å²) in [4.78, 5) is 12.5. The molecule has 0 saturated heterocycles. The molecular weight excluding hydrogens is 354 g/mol. The predicted octanol–water partition coefficient (Wildman–Crippen LogP) is 4.07. The zero-order valence-corrected chi connectivity index (χ0v) is 15.7. The Morgan fingerprint density at radius 1 is 1.27 bits per heavy atom. The third kappa shape index (κ3) is 3.91. The van der Waals surface area contributed by atoms with Crippen molar-refractivity contribution < 1.29 is 18.4 Å². The lowest BCUT2D eigenvalue weighted by atomic mass is 10.2. The average Bonchev–Trinajstić information content (AvgIpc) is 3.23. The maximum atomic E-state index is 12.5. The van der Waals surface area contributed by atoms with Gasteiger partial charge < -0.3 is 18.9 Å². The molecule has 0 aliphatic heterocycles. The molecule has 26 heavy (non-hydrogen) atoms. The summed E-state index contributed by atoms with van der Waals surface area (Å²) in [7, 11) is 1.57. The fraction of sp³-hybridized carbons (Fsp3) is 0.278. The lowest BCUT2D eigenvalue weighted by Crippen LogP contribution is -2.22. The third-order valence-corrected chi connectivity index (χ3v) is 4.69. The van der Waals surface area contributed by atoms with Crippen LogP contribution in [0.25, 0.3) is 11.5 Å². The van der Waals surface area contributed by atoms with Gasteiger partial charge in [0, 0.05) is 0 Å². The molecule has 8 heteroatoms. The van der Waals surface area contributed by atoms with Crippen molar-refractivity contribution in [3.05, 3.63) is 41.9 Å². The summed E-state index contributed by atoms with van der Waals surface area (Å²) in [6.07, 6.45) is 1.56. The predicted molar refractivity (Wildman–Crippen MR) is 98.4 cm³/mol. The molecule has 1 atom stereocenters. The number of hydrogen-bond donors (Lipinski definition) is 1. The smallest absolute Gasteiger partial charge is 0.277 e. The minimum atomic E-state index is -0.432. The first-order valence-electron chi connectivity index (χ1n) is 7.98. The first-order chi connectivity index (χ1) is 12.5. The minimum Gasteiger partial charge on any atom is -0.495 e. The first kappa shape index (κ1) is 18.1. The highest BCUT2D eigenvalue weighted by molar-refractivity contribution is 8.00. The molecule has 7 nitrogen and oxygen atoms in total. The Bertz CT molecular complexity index is 919. The number of hydrogen-bond acceptors (Lipinski definition) is 7. The fourth-order valence-corrected chi connectivity index (χ4v) is 3.02. The first-order valence-corrected chi connectivity index (χ1v) is 8.86. The normalized spacial score (nSPS) is 12.0. The molecule has 1 amide bonds. The second-order valence-corrected chi connectivity index (χ2v) is 7.01. The van der Waals surface area contributed by atoms with Crippen LogP contribution in [0, 0.1) is 13.8 Å². The van der Waals surface area contributed by atoms with E-state index in [0.717, 1.165) is 11.1 Å². The fourth-order valence-electron chi connectivity index (χ4n) is 2.33. The van der Waals surface area contributed by atoms with Gasteiger partial charge in [-0.1, -0.05) is 17.8 Å². The number of aromatic nitrogens is 2. The van der Waals surface area contributed by atoms with Gasteiger partial charge in [-0.25, -0.2) is 0 Å². The van der Waals surface area contributed by atoms with E-state index in [1.807, 2.05) is 32.0 Å². The molecule has 0 spiro atoms. The number of ether oxygens (including phenoxy) is 1. The van der Waals surface area contributed by atoms with E-state index >= 15 is 0 Å². The van der Waals surface area contributed by atoms with E-state index in [-0.39, 0.29) is 5.91 Å². The second kappa shape index (κ2) is 7.65. The van der Waals surface area contributed by atoms with Crippen LogP contribution in [-0.2, 0) is 4.79 Å². The number of nitrogens with one attached hydrogen (secondary N) is 1. The molecule has 1 aromatic carbocycles. The molecule has 136 valence electrons. The van der Waals surface area contributed by atoms with Crippen molar-refractivity contribution in [1.29, 1.82) is 0 Å². The Morgan fingerprint density at radius 3 is 2.77 bits per heavy atom. The summed E-state index contributed by atoms with van der Waals surface area (Å²) in [6.45, 7) is 5.54. The number of methoxy groups -OCH3 is 1. The lowest BCUT2D eigenvalue weighted by Gasteiger charge is -2.13. The molecule has 0 fully saturated rings. The van der Waals surface area contributed by atoms with E-state index in [4.69, 9.17) is 13.6 Å². The molecule has 0 radical (unpaired) electrons. The zero-order chi connectivity index (χ0) is 18.7. The number of thioether (sulfide) groups is 1. The van der Waals surface area contributed by atoms with Crippen molar-refractivity contribution >= 4 is 23.4 Å². The van der Waals surface area contributed by atoms with Crippen LogP contribution in [-0.4, -0.2) is 28.5 Å². The van der Waals surface area contributed by atoms with Gasteiger partial charge in [-0.05, 0) is 44.5 Å². The largest absolute Gasteiger partial charge is 0.495 e. The van der Waals surface area contributed by atoms with E-state index in [1.54, 1.807) is 26.4 Å². The van der Waals surface area contributed by atoms with E-state index < -0.39 is 5.25 Å². The van der Waals surface area contributed by atoms with Gasteiger partial charge in [0.2, 0.25) is 5.91 Å². The van der Waals surface area contributed by atoms with Gasteiger partial charge in [0.05, 0.1) is 29.9 Å². The molecule has 3 rings (SSSR count). The number of carbonyl (C=O) groups is 1. The summed E-state index contributed by atoms with van der Waals surface area (Å²) in [5.41, 5.74) is 2.40. The Morgan fingerprint density at radius 2 is 2.08 bits per heavy atom. The van der Waals surface area contributed by atoms with Crippen LogP contribution < -0.4 is 10.1 Å². The highest BCUT2D eigenvalue weighted by atomic mass is 32.2. The molecule has 3 aromatic rings. The summed E-state index contributed by atoms with van der Waals surface area (Å²) in [5, 5.41) is 10.8. The van der Waals surface area contributed by atoms with Crippen LogP contribution in [0.15, 0.2) is 44.6 Å². The Balaban J connectivity index is 1.68. The standard InChI is InChI=1S/C18H19N3O4S/c1-10-5-6-15(23-4)14(9-10)19-16(22)12(3)26-18-21-20-17(25-18)13-7-8-24-11(13)2/h5-9,12H,1-4H3,(H,19,22)/t12-/m1/s1. The van der Waals surface area contributed by atoms with Crippen molar-refractivity contribution in [3.63, 3.8) is 0 Å². The summed E-state index contributed by atoms with van der Waals surface area (Å²) < 4.78 is 16.1. The number of nitrogens with zero attached hydrogens (tertiary/aromatic N) is 2. The van der Waals surface area contributed by atoms with Crippen LogP contribution >= 0.6 is 11.8 Å². The number of aryl methyl sites for hydroxylation is 2. The van der Waals surface area contributed by atoms with Gasteiger partial charge in [-0.2, -0.15) is 0 Å². The maximum Gasteiger partial charge on any atom is 0.277 e. The van der Waals surface area contributed by atoms with E-state index in [1.165, 1.54) is 11.8 Å². The van der Waals surface area contributed by atoms with Crippen LogP contribution in [0.5, 0.6) is 5.75 Å². The topological polar surface area (TPSA) is 90.4 Å². The van der Waals surface area contributed by atoms with Gasteiger partial charge in [0.15, 0.2) is 0 Å². The quantitative estimate of drug-likeness (QED) is 0.651. The van der Waals surface area contributed by atoms with Gasteiger partial charge in [0.25, 0.3) is 11.1 Å². The summed E-state index contributed by atoms with van der Waals surface area (Å²) >= 11 is 1.19. The van der Waals surface area contributed by atoms with Crippen molar-refractivity contribution in [3.8, 4) is 17.2 Å². The SMILES string of the molecule is COc1ccc(C)cc1NC(=O)[C@@H](C)Sc1nnc(-c2ccoc2C)o1. The Hall–Kier alpha value is -2.74. The monoisotopic (exact) mass is 373 g/mol. The number of rotatable bonds is 6. The minimum absolute atomic E-state index is 0.182. The second-order valence-electron chi connectivity index (χ2n) is 5.72. The molecule has 1 N–H and O–H groups in total. The van der Waals surface area contributed by atoms with Gasteiger partial charge >= 0.3 is 0 Å². The van der Waals surface area contributed by atoms with Crippen molar-refractivity contribution in [2.75, 3.05) is 12.4 Å². The van der Waals surface area contributed by atoms with Crippen molar-refractivity contribution in [2.45, 2.75) is 31.2 Å². The number of furan rings is 1. The average molecular weight is 373 g/mol. The molecule has 0 unspecified atom stereocenters. The highest BCUT2D eigenvalue weighted by Crippen LogP contribution is 2.30. The third-order valence-electron chi connectivity index (χ3n) is 3.76. The molecule has 0 saturated carbocycles. The molecule has 0 bridgehead atoms. The Kier molecular flexibility index (Phi) is 5.32. The molecule has 0 aliphatic carbocycles. The van der Waals surface area contributed by atoms with Gasteiger partial charge in [-0.15, -0.1) is 10.2 Å². The van der Waals surface area contributed by atoms with E-state index in [2.05, 4.69) is 15.5 Å². The van der Waals surface area contributed by atoms with Crippen LogP contribution in [0.3, 0.4) is 0 Å². The zero-order valence-electron chi connectivity index (χ0n) is 14.9. The molecular formula is C18H19N3O4S. The summed E-state index contributed by atoms with van der Waals surface area (Å²) in [6, 6.07) is 7.36. The van der Waals surface area contributed by atoms with Crippen molar-refractivity contribution in [1.82, 2.24) is 10.2 Å².